The van der Waals surface area contributed by atoms with Gasteiger partial charge in [0, 0.05) is 12.1 Å². The number of rotatable bonds is 6. The molecule has 2 aromatic rings. The zero-order valence-corrected chi connectivity index (χ0v) is 14.9. The first-order chi connectivity index (χ1) is 13.2. The van der Waals surface area contributed by atoms with Crippen LogP contribution in [0.15, 0.2) is 24.4 Å². The number of esters is 1. The van der Waals surface area contributed by atoms with Crippen molar-refractivity contribution >= 4 is 40.5 Å². The van der Waals surface area contributed by atoms with Crippen LogP contribution in [0.25, 0.3) is 0 Å². The molecule has 0 unspecified atom stereocenters. The third-order valence-electron chi connectivity index (χ3n) is 3.31. The normalized spacial score (nSPS) is 10.9. The lowest BCUT2D eigenvalue weighted by Crippen LogP contribution is -2.11. The van der Waals surface area contributed by atoms with E-state index >= 15 is 0 Å². The maximum atomic E-state index is 14.4. The van der Waals surface area contributed by atoms with Crippen LogP contribution in [0.3, 0.4) is 0 Å². The maximum absolute atomic E-state index is 14.4. The number of aromatic nitrogens is 1. The smallest absolute Gasteiger partial charge is 0.330 e. The lowest BCUT2D eigenvalue weighted by molar-refractivity contribution is -0.137. The van der Waals surface area contributed by atoms with Crippen molar-refractivity contribution < 1.29 is 31.9 Å². The molecule has 0 bridgehead atoms. The van der Waals surface area contributed by atoms with E-state index in [2.05, 4.69) is 15.0 Å². The summed E-state index contributed by atoms with van der Waals surface area (Å²) in [4.78, 5) is 27.1. The Morgan fingerprint density at radius 2 is 1.89 bits per heavy atom. The molecule has 2 rings (SSSR count). The number of ketones is 1. The molecule has 0 saturated heterocycles. The molecule has 1 aromatic carbocycles. The maximum Gasteiger partial charge on any atom is 0.330 e. The Morgan fingerprint density at radius 3 is 2.50 bits per heavy atom. The Kier molecular flexibility index (Phi) is 6.57. The summed E-state index contributed by atoms with van der Waals surface area (Å²) in [6.07, 6.45) is 1.96. The highest BCUT2D eigenvalue weighted by atomic mass is 35.5. The number of carbonyl (C=O) groups is 2. The molecule has 28 heavy (non-hydrogen) atoms. The van der Waals surface area contributed by atoms with Crippen LogP contribution >= 0.6 is 11.6 Å². The lowest BCUT2D eigenvalue weighted by atomic mass is 10.1. The van der Waals surface area contributed by atoms with Crippen molar-refractivity contribution in [2.45, 2.75) is 6.92 Å². The first-order valence-electron chi connectivity index (χ1n) is 7.60. The summed E-state index contributed by atoms with van der Waals surface area (Å²) in [5.41, 5.74) is 3.00. The largest absolute Gasteiger partial charge is 0.463 e. The molecule has 0 aliphatic rings. The molecule has 0 fully saturated rings. The second kappa shape index (κ2) is 8.70. The number of hydrogen-bond donors (Lipinski definition) is 2. The minimum atomic E-state index is -1.76. The fourth-order valence-electron chi connectivity index (χ4n) is 2.05. The summed E-state index contributed by atoms with van der Waals surface area (Å²) in [5.74, 6) is -8.34. The van der Waals surface area contributed by atoms with E-state index in [0.717, 1.165) is 6.07 Å². The summed E-state index contributed by atoms with van der Waals surface area (Å²) < 4.78 is 60.4. The minimum Gasteiger partial charge on any atom is -0.463 e. The highest BCUT2D eigenvalue weighted by Gasteiger charge is 2.28. The number of nitrogens with two attached hydrogens (primary N) is 1. The number of benzene rings is 1. The van der Waals surface area contributed by atoms with Gasteiger partial charge >= 0.3 is 5.97 Å². The van der Waals surface area contributed by atoms with E-state index in [1.165, 1.54) is 6.92 Å². The van der Waals surface area contributed by atoms with Crippen LogP contribution in [0.2, 0.25) is 5.02 Å². The Hall–Kier alpha value is -3.14. The van der Waals surface area contributed by atoms with Gasteiger partial charge in [0.05, 0.1) is 29.7 Å². The van der Waals surface area contributed by atoms with Crippen molar-refractivity contribution in [2.24, 2.45) is 0 Å². The van der Waals surface area contributed by atoms with E-state index in [4.69, 9.17) is 17.3 Å². The summed E-state index contributed by atoms with van der Waals surface area (Å²) in [6, 6.07) is 0.919. The third-order valence-corrected chi connectivity index (χ3v) is 3.64. The van der Waals surface area contributed by atoms with Crippen LogP contribution in [0.5, 0.6) is 0 Å². The highest BCUT2D eigenvalue weighted by Crippen LogP contribution is 2.34. The first kappa shape index (κ1) is 21.2. The predicted octanol–water partition coefficient (Wildman–Crippen LogP) is 3.92. The first-order valence-corrected chi connectivity index (χ1v) is 7.98. The second-order valence-electron chi connectivity index (χ2n) is 5.17. The zero-order chi connectivity index (χ0) is 21.0. The SMILES string of the molecule is CCOC(=O)/C=C/C(=O)c1c(F)c(Cl)c(F)c(F)c1Nc1cc(N)c(F)cn1. The second-order valence-corrected chi connectivity index (χ2v) is 5.55. The summed E-state index contributed by atoms with van der Waals surface area (Å²) >= 11 is 5.39. The number of anilines is 3. The van der Waals surface area contributed by atoms with Crippen LogP contribution in [-0.4, -0.2) is 23.3 Å². The number of nitrogens with zero attached hydrogens (tertiary/aromatic N) is 1. The molecule has 0 spiro atoms. The van der Waals surface area contributed by atoms with Gasteiger partial charge in [0.2, 0.25) is 0 Å². The average molecular weight is 418 g/mol. The Morgan fingerprint density at radius 1 is 1.21 bits per heavy atom. The van der Waals surface area contributed by atoms with Crippen LogP contribution in [-0.2, 0) is 9.53 Å². The molecule has 0 amide bonds. The van der Waals surface area contributed by atoms with E-state index < -0.39 is 51.3 Å². The van der Waals surface area contributed by atoms with Crippen molar-refractivity contribution in [3.05, 3.63) is 58.3 Å². The average Bonchev–Trinajstić information content (AvgIpc) is 2.65. The van der Waals surface area contributed by atoms with E-state index in [1.54, 1.807) is 0 Å². The van der Waals surface area contributed by atoms with Gasteiger partial charge in [-0.15, -0.1) is 0 Å². The number of halogens is 5. The van der Waals surface area contributed by atoms with Crippen molar-refractivity contribution in [1.82, 2.24) is 4.98 Å². The van der Waals surface area contributed by atoms with Gasteiger partial charge < -0.3 is 15.8 Å². The van der Waals surface area contributed by atoms with Crippen LogP contribution in [0, 0.1) is 23.3 Å². The minimum absolute atomic E-state index is 0.0210. The summed E-state index contributed by atoms with van der Waals surface area (Å²) in [6.45, 7) is 1.54. The van der Waals surface area contributed by atoms with E-state index in [9.17, 15) is 27.2 Å². The fraction of sp³-hybridized carbons (Fsp3) is 0.118. The van der Waals surface area contributed by atoms with Crippen molar-refractivity contribution in [3.8, 4) is 0 Å². The molecule has 0 aliphatic carbocycles. The predicted molar refractivity (Wildman–Crippen MR) is 93.3 cm³/mol. The van der Waals surface area contributed by atoms with Crippen LogP contribution in [0.4, 0.5) is 34.8 Å². The third kappa shape index (κ3) is 4.39. The van der Waals surface area contributed by atoms with Gasteiger partial charge in [0.25, 0.3) is 0 Å². The van der Waals surface area contributed by atoms with Crippen LogP contribution < -0.4 is 11.1 Å². The number of nitrogens with one attached hydrogen (secondary N) is 1. The molecule has 3 N–H and O–H groups in total. The Labute approximate surface area is 160 Å². The lowest BCUT2D eigenvalue weighted by Gasteiger charge is -2.14. The van der Waals surface area contributed by atoms with Gasteiger partial charge in [-0.2, -0.15) is 0 Å². The van der Waals surface area contributed by atoms with Gasteiger partial charge in [-0.3, -0.25) is 4.79 Å². The summed E-state index contributed by atoms with van der Waals surface area (Å²) in [5, 5.41) is 0.908. The fourth-order valence-corrected chi connectivity index (χ4v) is 2.23. The molecular weight excluding hydrogens is 406 g/mol. The number of nitrogen functional groups attached to an aromatic ring is 1. The number of carbonyl (C=O) groups excluding carboxylic acids is 2. The monoisotopic (exact) mass is 417 g/mol. The Bertz CT molecular complexity index is 983. The summed E-state index contributed by atoms with van der Waals surface area (Å²) in [7, 11) is 0. The molecule has 0 atom stereocenters. The van der Waals surface area contributed by atoms with Crippen molar-refractivity contribution in [1.29, 1.82) is 0 Å². The van der Waals surface area contributed by atoms with Gasteiger partial charge in [-0.05, 0) is 13.0 Å². The highest BCUT2D eigenvalue weighted by molar-refractivity contribution is 6.31. The van der Waals surface area contributed by atoms with Gasteiger partial charge in [0.1, 0.15) is 10.8 Å². The van der Waals surface area contributed by atoms with Gasteiger partial charge in [-0.1, -0.05) is 11.6 Å². The number of allylic oxidation sites excluding steroid dienone is 1. The molecule has 11 heteroatoms. The molecule has 0 radical (unpaired) electrons. The zero-order valence-electron chi connectivity index (χ0n) is 14.2. The molecule has 0 saturated carbocycles. The van der Waals surface area contributed by atoms with Gasteiger partial charge in [0.15, 0.2) is 29.1 Å². The van der Waals surface area contributed by atoms with Crippen molar-refractivity contribution in [2.75, 3.05) is 17.7 Å². The van der Waals surface area contributed by atoms with Crippen molar-refractivity contribution in [3.63, 3.8) is 0 Å². The van der Waals surface area contributed by atoms with Gasteiger partial charge in [-0.25, -0.2) is 27.3 Å². The molecule has 0 aliphatic heterocycles. The van der Waals surface area contributed by atoms with Crippen LogP contribution in [0.1, 0.15) is 17.3 Å². The molecule has 148 valence electrons. The number of ether oxygens (including phenoxy) is 1. The number of hydrogen-bond acceptors (Lipinski definition) is 6. The molecule has 1 heterocycles. The topological polar surface area (TPSA) is 94.3 Å². The van der Waals surface area contributed by atoms with E-state index in [1.807, 2.05) is 0 Å². The van der Waals surface area contributed by atoms with E-state index in [-0.39, 0.29) is 18.1 Å². The Balaban J connectivity index is 2.55. The number of pyridine rings is 1. The quantitative estimate of drug-likeness (QED) is 0.185. The molecule has 6 nitrogen and oxygen atoms in total. The molecule has 1 aromatic heterocycles. The molecular formula is C17H12ClF4N3O3. The van der Waals surface area contributed by atoms with E-state index in [0.29, 0.717) is 18.3 Å². The standard InChI is InChI=1S/C17H12ClF4N3O3/c1-2-28-11(27)4-3-9(26)12-14(20)13(18)15(21)16(22)17(12)25-10-5-8(23)7(19)6-24-10/h3-6H,2H2,1H3,(H3,23,24,25)/b4-3+.